The minimum absolute atomic E-state index is 0.00492. The molecule has 164 valence electrons. The molecule has 0 spiro atoms. The zero-order valence-corrected chi connectivity index (χ0v) is 19.4. The van der Waals surface area contributed by atoms with Crippen LogP contribution in [0.25, 0.3) is 0 Å². The summed E-state index contributed by atoms with van der Waals surface area (Å²) in [5, 5.41) is 11.1. The second kappa shape index (κ2) is 9.75. The highest BCUT2D eigenvalue weighted by atomic mass is 32.1. The Labute approximate surface area is 188 Å². The monoisotopic (exact) mass is 437 g/mol. The number of aryl methyl sites for hydroxylation is 2. The summed E-state index contributed by atoms with van der Waals surface area (Å²) in [5.41, 5.74) is 4.78. The van der Waals surface area contributed by atoms with E-state index in [9.17, 15) is 4.79 Å². The number of nitrogens with one attached hydrogen (secondary N) is 1. The van der Waals surface area contributed by atoms with Gasteiger partial charge in [-0.2, -0.15) is 5.10 Å². The normalized spacial score (nSPS) is 15.3. The van der Waals surface area contributed by atoms with E-state index in [1.165, 1.54) is 11.3 Å². The Morgan fingerprint density at radius 3 is 2.55 bits per heavy atom. The molecule has 6 nitrogen and oxygen atoms in total. The second-order valence-electron chi connectivity index (χ2n) is 8.48. The first kappa shape index (κ1) is 21.7. The molecule has 1 aliphatic heterocycles. The predicted octanol–water partition coefficient (Wildman–Crippen LogP) is 3.96. The van der Waals surface area contributed by atoms with E-state index in [2.05, 4.69) is 44.7 Å². The molecule has 4 rings (SSSR count). The molecule has 3 aromatic rings. The zero-order valence-electron chi connectivity index (χ0n) is 18.6. The van der Waals surface area contributed by atoms with E-state index in [0.29, 0.717) is 18.0 Å². The van der Waals surface area contributed by atoms with E-state index >= 15 is 0 Å². The zero-order chi connectivity index (χ0) is 21.8. The van der Waals surface area contributed by atoms with Gasteiger partial charge in [0.2, 0.25) is 0 Å². The number of benzene rings is 1. The SMILES string of the molecule is Cc1nc(CN2CCC(CNC(=O)c3c(C)nn(Cc4ccccc4)c3C)CC2)cs1. The summed E-state index contributed by atoms with van der Waals surface area (Å²) in [7, 11) is 0. The Bertz CT molecular complexity index is 1020. The minimum atomic E-state index is -0.00492. The largest absolute Gasteiger partial charge is 0.352 e. The highest BCUT2D eigenvalue weighted by molar-refractivity contribution is 7.09. The number of aromatic nitrogens is 3. The van der Waals surface area contributed by atoms with Crippen LogP contribution in [0.15, 0.2) is 35.7 Å². The fraction of sp³-hybridized carbons (Fsp3) is 0.458. The van der Waals surface area contributed by atoms with Crippen molar-refractivity contribution in [1.82, 2.24) is 25.0 Å². The van der Waals surface area contributed by atoms with Gasteiger partial charge in [-0.05, 0) is 58.2 Å². The van der Waals surface area contributed by atoms with E-state index < -0.39 is 0 Å². The highest BCUT2D eigenvalue weighted by Gasteiger charge is 2.23. The molecule has 1 aromatic carbocycles. The van der Waals surface area contributed by atoms with Gasteiger partial charge >= 0.3 is 0 Å². The lowest BCUT2D eigenvalue weighted by Gasteiger charge is -2.31. The van der Waals surface area contributed by atoms with Crippen LogP contribution in [0.1, 0.15) is 50.9 Å². The number of carbonyl (C=O) groups is 1. The third kappa shape index (κ3) is 5.40. The molecule has 1 aliphatic rings. The summed E-state index contributed by atoms with van der Waals surface area (Å²) < 4.78 is 1.93. The molecule has 0 atom stereocenters. The van der Waals surface area contributed by atoms with Crippen molar-refractivity contribution in [2.45, 2.75) is 46.7 Å². The number of hydrogen-bond acceptors (Lipinski definition) is 5. The lowest BCUT2D eigenvalue weighted by molar-refractivity contribution is 0.0933. The van der Waals surface area contributed by atoms with Gasteiger partial charge in [0.15, 0.2) is 0 Å². The summed E-state index contributed by atoms with van der Waals surface area (Å²) >= 11 is 1.71. The van der Waals surface area contributed by atoms with E-state index in [0.717, 1.165) is 55.4 Å². The topological polar surface area (TPSA) is 63.1 Å². The molecule has 7 heteroatoms. The number of carbonyl (C=O) groups excluding carboxylic acids is 1. The number of thiazole rings is 1. The number of likely N-dealkylation sites (tertiary alicyclic amines) is 1. The van der Waals surface area contributed by atoms with Crippen molar-refractivity contribution >= 4 is 17.2 Å². The van der Waals surface area contributed by atoms with Crippen LogP contribution < -0.4 is 5.32 Å². The van der Waals surface area contributed by atoms with Crippen LogP contribution in [0.3, 0.4) is 0 Å². The van der Waals surface area contributed by atoms with Crippen LogP contribution in [0.4, 0.5) is 0 Å². The first-order valence-electron chi connectivity index (χ1n) is 11.0. The van der Waals surface area contributed by atoms with Crippen LogP contribution >= 0.6 is 11.3 Å². The summed E-state index contributed by atoms with van der Waals surface area (Å²) in [5.74, 6) is 0.520. The number of piperidine rings is 1. The number of hydrogen-bond donors (Lipinski definition) is 1. The van der Waals surface area contributed by atoms with Gasteiger partial charge in [-0.1, -0.05) is 30.3 Å². The molecule has 2 aromatic heterocycles. The molecule has 3 heterocycles. The molecule has 1 amide bonds. The second-order valence-corrected chi connectivity index (χ2v) is 9.54. The number of amides is 1. The molecule has 0 unspecified atom stereocenters. The molecular weight excluding hydrogens is 406 g/mol. The summed E-state index contributed by atoms with van der Waals surface area (Å²) in [6, 6.07) is 10.2. The minimum Gasteiger partial charge on any atom is -0.352 e. The van der Waals surface area contributed by atoms with Crippen molar-refractivity contribution in [2.24, 2.45) is 5.92 Å². The Morgan fingerprint density at radius 1 is 1.13 bits per heavy atom. The lowest BCUT2D eigenvalue weighted by Crippen LogP contribution is -2.38. The Balaban J connectivity index is 1.28. The van der Waals surface area contributed by atoms with Crippen molar-refractivity contribution in [1.29, 1.82) is 0 Å². The van der Waals surface area contributed by atoms with Gasteiger partial charge in [0.05, 0.1) is 28.5 Å². The van der Waals surface area contributed by atoms with Crippen LogP contribution in [0, 0.1) is 26.7 Å². The molecule has 1 N–H and O–H groups in total. The van der Waals surface area contributed by atoms with Gasteiger partial charge in [-0.3, -0.25) is 14.4 Å². The van der Waals surface area contributed by atoms with Crippen molar-refractivity contribution in [3.05, 3.63) is 68.9 Å². The van der Waals surface area contributed by atoms with Crippen LogP contribution in [-0.2, 0) is 13.1 Å². The van der Waals surface area contributed by atoms with Crippen LogP contribution in [0.5, 0.6) is 0 Å². The van der Waals surface area contributed by atoms with E-state index in [4.69, 9.17) is 0 Å². The third-order valence-electron chi connectivity index (χ3n) is 6.09. The maximum Gasteiger partial charge on any atom is 0.255 e. The number of rotatable bonds is 7. The molecule has 1 saturated heterocycles. The van der Waals surface area contributed by atoms with Gasteiger partial charge in [-0.15, -0.1) is 11.3 Å². The quantitative estimate of drug-likeness (QED) is 0.608. The van der Waals surface area contributed by atoms with E-state index in [1.807, 2.05) is 36.7 Å². The summed E-state index contributed by atoms with van der Waals surface area (Å²) in [6.45, 7) is 10.4. The maximum atomic E-state index is 12.9. The first-order valence-corrected chi connectivity index (χ1v) is 11.9. The van der Waals surface area contributed by atoms with Gasteiger partial charge in [0, 0.05) is 24.2 Å². The molecule has 0 bridgehead atoms. The summed E-state index contributed by atoms with van der Waals surface area (Å²) in [6.07, 6.45) is 2.21. The van der Waals surface area contributed by atoms with Gasteiger partial charge < -0.3 is 5.32 Å². The third-order valence-corrected chi connectivity index (χ3v) is 6.92. The highest BCUT2D eigenvalue weighted by Crippen LogP contribution is 2.20. The van der Waals surface area contributed by atoms with Gasteiger partial charge in [-0.25, -0.2) is 4.98 Å². The van der Waals surface area contributed by atoms with Gasteiger partial charge in [0.25, 0.3) is 5.91 Å². The Kier molecular flexibility index (Phi) is 6.83. The Morgan fingerprint density at radius 2 is 1.87 bits per heavy atom. The van der Waals surface area contributed by atoms with E-state index in [-0.39, 0.29) is 5.91 Å². The van der Waals surface area contributed by atoms with Crippen LogP contribution in [0.2, 0.25) is 0 Å². The number of nitrogens with zero attached hydrogens (tertiary/aromatic N) is 4. The Hall–Kier alpha value is -2.51. The molecule has 31 heavy (non-hydrogen) atoms. The molecule has 0 saturated carbocycles. The lowest BCUT2D eigenvalue weighted by atomic mass is 9.96. The molecular formula is C24H31N5OS. The van der Waals surface area contributed by atoms with Crippen molar-refractivity contribution in [2.75, 3.05) is 19.6 Å². The fourth-order valence-electron chi connectivity index (χ4n) is 4.32. The molecule has 0 aliphatic carbocycles. The standard InChI is InChI=1S/C24H31N5OS/c1-17-23(18(2)29(27-17)14-21-7-5-4-6-8-21)24(30)25-13-20-9-11-28(12-10-20)15-22-16-31-19(3)26-22/h4-8,16,20H,9-15H2,1-3H3,(H,25,30). The smallest absolute Gasteiger partial charge is 0.255 e. The maximum absolute atomic E-state index is 12.9. The predicted molar refractivity (Wildman–Crippen MR) is 124 cm³/mol. The van der Waals surface area contributed by atoms with Crippen molar-refractivity contribution in [3.63, 3.8) is 0 Å². The van der Waals surface area contributed by atoms with Crippen molar-refractivity contribution in [3.8, 4) is 0 Å². The average molecular weight is 438 g/mol. The van der Waals surface area contributed by atoms with Crippen LogP contribution in [-0.4, -0.2) is 45.2 Å². The summed E-state index contributed by atoms with van der Waals surface area (Å²) in [4.78, 5) is 20.0. The fourth-order valence-corrected chi connectivity index (χ4v) is 4.92. The average Bonchev–Trinajstić information content (AvgIpc) is 3.30. The first-order chi connectivity index (χ1) is 15.0. The van der Waals surface area contributed by atoms with Crippen molar-refractivity contribution < 1.29 is 4.79 Å². The molecule has 1 fully saturated rings. The van der Waals surface area contributed by atoms with E-state index in [1.54, 1.807) is 11.3 Å². The molecule has 0 radical (unpaired) electrons. The van der Waals surface area contributed by atoms with Gasteiger partial charge in [0.1, 0.15) is 0 Å².